The van der Waals surface area contributed by atoms with Crippen molar-refractivity contribution < 1.29 is 18.0 Å². The van der Waals surface area contributed by atoms with Gasteiger partial charge in [-0.2, -0.15) is 0 Å². The lowest BCUT2D eigenvalue weighted by Gasteiger charge is -2.21. The zero-order valence-electron chi connectivity index (χ0n) is 13.6. The van der Waals surface area contributed by atoms with Crippen LogP contribution in [-0.2, 0) is 14.8 Å². The van der Waals surface area contributed by atoms with Crippen LogP contribution in [-0.4, -0.2) is 44.1 Å². The third-order valence-electron chi connectivity index (χ3n) is 3.97. The van der Waals surface area contributed by atoms with E-state index in [1.807, 2.05) is 13.8 Å². The second-order valence-electron chi connectivity index (χ2n) is 6.15. The molecule has 7 heteroatoms. The molecule has 0 bridgehead atoms. The molecule has 0 aliphatic carbocycles. The second kappa shape index (κ2) is 6.80. The maximum Gasteiger partial charge on any atom is 0.240 e. The first-order chi connectivity index (χ1) is 10.7. The summed E-state index contributed by atoms with van der Waals surface area (Å²) < 4.78 is 27.2. The Morgan fingerprint density at radius 2 is 2.09 bits per heavy atom. The molecular weight excluding hydrogens is 316 g/mol. The summed E-state index contributed by atoms with van der Waals surface area (Å²) in [5, 5.41) is 0. The molecule has 6 nitrogen and oxygen atoms in total. The van der Waals surface area contributed by atoms with Gasteiger partial charge in [-0.05, 0) is 38.8 Å². The first kappa shape index (κ1) is 17.6. The Hall–Kier alpha value is -1.73. The predicted octanol–water partition coefficient (Wildman–Crippen LogP) is 1.42. The van der Waals surface area contributed by atoms with Crippen molar-refractivity contribution in [3.8, 4) is 0 Å². The van der Waals surface area contributed by atoms with Crippen LogP contribution in [0.1, 0.15) is 37.6 Å². The molecule has 1 heterocycles. The molecule has 0 radical (unpaired) electrons. The summed E-state index contributed by atoms with van der Waals surface area (Å²) in [5.74, 6) is -0.158. The smallest absolute Gasteiger partial charge is 0.240 e. The third-order valence-corrected chi connectivity index (χ3v) is 5.40. The maximum atomic E-state index is 12.3. The number of benzene rings is 1. The molecule has 2 rings (SSSR count). The summed E-state index contributed by atoms with van der Waals surface area (Å²) in [6.45, 7) is 6.05. The number of sulfonamides is 1. The van der Waals surface area contributed by atoms with Crippen molar-refractivity contribution in [2.24, 2.45) is 5.92 Å². The van der Waals surface area contributed by atoms with E-state index in [-0.39, 0.29) is 35.1 Å². The number of rotatable bonds is 6. The molecule has 0 aromatic heterocycles. The quantitative estimate of drug-likeness (QED) is 0.795. The molecule has 1 aliphatic rings. The van der Waals surface area contributed by atoms with Gasteiger partial charge in [-0.1, -0.05) is 12.1 Å². The summed E-state index contributed by atoms with van der Waals surface area (Å²) in [4.78, 5) is 25.0. The molecule has 1 atom stereocenters. The van der Waals surface area contributed by atoms with E-state index in [1.165, 1.54) is 19.1 Å². The Morgan fingerprint density at radius 3 is 2.65 bits per heavy atom. The lowest BCUT2D eigenvalue weighted by Crippen LogP contribution is -2.34. The monoisotopic (exact) mass is 338 g/mol. The molecule has 1 aromatic carbocycles. The third kappa shape index (κ3) is 4.17. The van der Waals surface area contributed by atoms with E-state index in [0.29, 0.717) is 18.5 Å². The number of ketones is 1. The van der Waals surface area contributed by atoms with E-state index in [9.17, 15) is 18.0 Å². The normalized spacial score (nSPS) is 18.7. The van der Waals surface area contributed by atoms with Crippen molar-refractivity contribution in [3.05, 3.63) is 29.8 Å². The van der Waals surface area contributed by atoms with Gasteiger partial charge in [0.25, 0.3) is 0 Å². The molecule has 1 saturated heterocycles. The molecule has 126 valence electrons. The van der Waals surface area contributed by atoms with Crippen LogP contribution in [0.4, 0.5) is 0 Å². The number of Topliss-reactive ketones (excluding diaryl/α,β-unsaturated/α-hetero) is 1. The molecule has 1 amide bonds. The van der Waals surface area contributed by atoms with E-state index < -0.39 is 10.0 Å². The topological polar surface area (TPSA) is 83.5 Å². The summed E-state index contributed by atoms with van der Waals surface area (Å²) >= 11 is 0. The molecule has 0 spiro atoms. The lowest BCUT2D eigenvalue weighted by molar-refractivity contribution is -0.129. The zero-order chi connectivity index (χ0) is 17.2. The highest BCUT2D eigenvalue weighted by Gasteiger charge is 2.31. The predicted molar refractivity (Wildman–Crippen MR) is 86.6 cm³/mol. The minimum atomic E-state index is -3.69. The zero-order valence-corrected chi connectivity index (χ0v) is 14.4. The van der Waals surface area contributed by atoms with Gasteiger partial charge in [-0.25, -0.2) is 13.1 Å². The number of likely N-dealkylation sites (tertiary alicyclic amines) is 1. The van der Waals surface area contributed by atoms with Gasteiger partial charge < -0.3 is 4.90 Å². The van der Waals surface area contributed by atoms with E-state index in [4.69, 9.17) is 0 Å². The fourth-order valence-electron chi connectivity index (χ4n) is 2.64. The Morgan fingerprint density at radius 1 is 1.39 bits per heavy atom. The minimum absolute atomic E-state index is 0.0318. The summed E-state index contributed by atoms with van der Waals surface area (Å²) in [6, 6.07) is 6.07. The summed E-state index contributed by atoms with van der Waals surface area (Å²) in [5.41, 5.74) is 0.356. The van der Waals surface area contributed by atoms with Gasteiger partial charge in [0, 0.05) is 31.1 Å². The molecule has 1 N–H and O–H groups in total. The van der Waals surface area contributed by atoms with Gasteiger partial charge in [0.05, 0.1) is 4.90 Å². The maximum absolute atomic E-state index is 12.3. The number of hydrogen-bond acceptors (Lipinski definition) is 4. The summed E-state index contributed by atoms with van der Waals surface area (Å²) in [7, 11) is -3.69. The highest BCUT2D eigenvalue weighted by molar-refractivity contribution is 7.89. The highest BCUT2D eigenvalue weighted by atomic mass is 32.2. The van der Waals surface area contributed by atoms with Crippen molar-refractivity contribution in [2.45, 2.75) is 38.1 Å². The van der Waals surface area contributed by atoms with Crippen LogP contribution in [0.25, 0.3) is 0 Å². The average Bonchev–Trinajstić information content (AvgIpc) is 2.87. The van der Waals surface area contributed by atoms with Crippen LogP contribution < -0.4 is 4.72 Å². The molecule has 23 heavy (non-hydrogen) atoms. The Labute approximate surface area is 136 Å². The Bertz CT molecular complexity index is 713. The largest absolute Gasteiger partial charge is 0.340 e. The molecule has 1 aliphatic heterocycles. The molecule has 1 unspecified atom stereocenters. The molecule has 0 saturated carbocycles. The molecule has 1 fully saturated rings. The van der Waals surface area contributed by atoms with Crippen LogP contribution in [0.5, 0.6) is 0 Å². The van der Waals surface area contributed by atoms with E-state index >= 15 is 0 Å². The van der Waals surface area contributed by atoms with Crippen molar-refractivity contribution in [3.63, 3.8) is 0 Å². The van der Waals surface area contributed by atoms with Gasteiger partial charge in [-0.15, -0.1) is 0 Å². The van der Waals surface area contributed by atoms with Gasteiger partial charge in [-0.3, -0.25) is 9.59 Å². The Balaban J connectivity index is 2.04. The number of hydrogen-bond donors (Lipinski definition) is 1. The van der Waals surface area contributed by atoms with Crippen LogP contribution >= 0.6 is 0 Å². The standard InChI is InChI=1S/C16H22N2O4S/c1-11(2)18-10-13(7-16(18)20)9-17-23(21,22)15-6-4-5-14(8-15)12(3)19/h4-6,8,11,13,17H,7,9-10H2,1-3H3. The number of carbonyl (C=O) groups excluding carboxylic acids is 2. The van der Waals surface area contributed by atoms with Crippen LogP contribution in [0.2, 0.25) is 0 Å². The van der Waals surface area contributed by atoms with Gasteiger partial charge in [0.1, 0.15) is 0 Å². The van der Waals surface area contributed by atoms with Gasteiger partial charge in [0.15, 0.2) is 5.78 Å². The number of nitrogens with zero attached hydrogens (tertiary/aromatic N) is 1. The van der Waals surface area contributed by atoms with Crippen molar-refractivity contribution in [1.82, 2.24) is 9.62 Å². The average molecular weight is 338 g/mol. The van der Waals surface area contributed by atoms with E-state index in [1.54, 1.807) is 17.0 Å². The van der Waals surface area contributed by atoms with Crippen molar-refractivity contribution in [2.75, 3.05) is 13.1 Å². The van der Waals surface area contributed by atoms with Crippen molar-refractivity contribution in [1.29, 1.82) is 0 Å². The second-order valence-corrected chi connectivity index (χ2v) is 7.91. The van der Waals surface area contributed by atoms with Crippen LogP contribution in [0.3, 0.4) is 0 Å². The fraction of sp³-hybridized carbons (Fsp3) is 0.500. The highest BCUT2D eigenvalue weighted by Crippen LogP contribution is 2.20. The number of nitrogens with one attached hydrogen (secondary N) is 1. The van der Waals surface area contributed by atoms with Gasteiger partial charge in [0.2, 0.25) is 15.9 Å². The SMILES string of the molecule is CC(=O)c1cccc(S(=O)(=O)NCC2CC(=O)N(C(C)C)C2)c1. The lowest BCUT2D eigenvalue weighted by atomic mass is 10.1. The van der Waals surface area contributed by atoms with Gasteiger partial charge >= 0.3 is 0 Å². The Kier molecular flexibility index (Phi) is 5.21. The molecular formula is C16H22N2O4S. The number of carbonyl (C=O) groups is 2. The number of amides is 1. The molecule has 1 aromatic rings. The fourth-order valence-corrected chi connectivity index (χ4v) is 3.80. The van der Waals surface area contributed by atoms with Crippen LogP contribution in [0.15, 0.2) is 29.2 Å². The van der Waals surface area contributed by atoms with Crippen LogP contribution in [0, 0.1) is 5.92 Å². The minimum Gasteiger partial charge on any atom is -0.340 e. The first-order valence-corrected chi connectivity index (χ1v) is 9.09. The van der Waals surface area contributed by atoms with E-state index in [0.717, 1.165) is 0 Å². The van der Waals surface area contributed by atoms with Crippen molar-refractivity contribution >= 4 is 21.7 Å². The van der Waals surface area contributed by atoms with E-state index in [2.05, 4.69) is 4.72 Å². The first-order valence-electron chi connectivity index (χ1n) is 7.61. The summed E-state index contributed by atoms with van der Waals surface area (Å²) in [6.07, 6.45) is 0.355.